The summed E-state index contributed by atoms with van der Waals surface area (Å²) in [6.45, 7) is 3.92. The van der Waals surface area contributed by atoms with Gasteiger partial charge in [0, 0.05) is 5.92 Å². The van der Waals surface area contributed by atoms with Crippen LogP contribution in [0.2, 0.25) is 0 Å². The molecule has 108 valence electrons. The lowest BCUT2D eigenvalue weighted by atomic mass is 10.1. The van der Waals surface area contributed by atoms with E-state index in [1.807, 2.05) is 38.1 Å². The van der Waals surface area contributed by atoms with Gasteiger partial charge < -0.3 is 4.74 Å². The first kappa shape index (κ1) is 14.4. The van der Waals surface area contributed by atoms with Crippen LogP contribution >= 0.6 is 0 Å². The molecule has 1 fully saturated rings. The van der Waals surface area contributed by atoms with Crippen LogP contribution in [0.1, 0.15) is 25.8 Å². The second-order valence-corrected chi connectivity index (χ2v) is 5.11. The van der Waals surface area contributed by atoms with Crippen LogP contribution in [0.3, 0.4) is 0 Å². The molecule has 1 saturated carbocycles. The quantitative estimate of drug-likeness (QED) is 0.799. The predicted molar refractivity (Wildman–Crippen MR) is 74.9 cm³/mol. The highest BCUT2D eigenvalue weighted by molar-refractivity contribution is 5.85. The number of benzene rings is 1. The predicted octanol–water partition coefficient (Wildman–Crippen LogP) is 1.43. The van der Waals surface area contributed by atoms with Gasteiger partial charge in [-0.15, -0.1) is 0 Å². The zero-order valence-electron chi connectivity index (χ0n) is 11.8. The molecular formula is C15H20N2O3. The molecule has 1 aliphatic rings. The molecule has 1 aromatic carbocycles. The molecule has 1 aromatic rings. The number of carbonyl (C=O) groups is 2. The first-order valence-corrected chi connectivity index (χ1v) is 6.91. The zero-order chi connectivity index (χ0) is 14.5. The van der Waals surface area contributed by atoms with E-state index < -0.39 is 0 Å². The third-order valence-electron chi connectivity index (χ3n) is 3.48. The Morgan fingerprint density at radius 2 is 2.00 bits per heavy atom. The molecule has 2 rings (SSSR count). The Labute approximate surface area is 118 Å². The van der Waals surface area contributed by atoms with E-state index in [-0.39, 0.29) is 24.3 Å². The summed E-state index contributed by atoms with van der Waals surface area (Å²) < 4.78 is 5.46. The maximum atomic E-state index is 11.6. The molecule has 0 bridgehead atoms. The van der Waals surface area contributed by atoms with Crippen LogP contribution in [0.4, 0.5) is 0 Å². The van der Waals surface area contributed by atoms with Gasteiger partial charge in [0.25, 0.3) is 5.91 Å². The minimum atomic E-state index is -0.363. The normalized spacial score (nSPS) is 20.1. The molecule has 2 amide bonds. The number of ether oxygens (including phenoxy) is 1. The molecular weight excluding hydrogens is 256 g/mol. The Balaban J connectivity index is 1.73. The summed E-state index contributed by atoms with van der Waals surface area (Å²) in [5.74, 6) is 0.668. The molecule has 0 saturated heterocycles. The van der Waals surface area contributed by atoms with Crippen molar-refractivity contribution in [3.8, 4) is 5.75 Å². The van der Waals surface area contributed by atoms with Crippen molar-refractivity contribution in [2.45, 2.75) is 26.7 Å². The average Bonchev–Trinajstić information content (AvgIpc) is 3.19. The number of carbonyl (C=O) groups excluding carboxylic acids is 2. The van der Waals surface area contributed by atoms with Gasteiger partial charge in [-0.2, -0.15) is 0 Å². The Kier molecular flexibility index (Phi) is 4.61. The maximum Gasteiger partial charge on any atom is 0.276 e. The largest absolute Gasteiger partial charge is 0.483 e. The number of rotatable bonds is 5. The van der Waals surface area contributed by atoms with Crippen LogP contribution in [0.15, 0.2) is 24.3 Å². The Morgan fingerprint density at radius 1 is 1.30 bits per heavy atom. The van der Waals surface area contributed by atoms with Crippen LogP contribution in [0.5, 0.6) is 5.75 Å². The van der Waals surface area contributed by atoms with Crippen molar-refractivity contribution in [1.82, 2.24) is 10.9 Å². The van der Waals surface area contributed by atoms with Crippen molar-refractivity contribution in [2.75, 3.05) is 6.61 Å². The molecule has 20 heavy (non-hydrogen) atoms. The molecule has 2 atom stereocenters. The van der Waals surface area contributed by atoms with Crippen molar-refractivity contribution in [2.24, 2.45) is 11.8 Å². The topological polar surface area (TPSA) is 67.4 Å². The number of hydrogen-bond donors (Lipinski definition) is 2. The fourth-order valence-electron chi connectivity index (χ4n) is 2.03. The van der Waals surface area contributed by atoms with Gasteiger partial charge in [0.2, 0.25) is 5.91 Å². The number of para-hydroxylation sites is 1. The van der Waals surface area contributed by atoms with Crippen LogP contribution in [0, 0.1) is 11.8 Å². The molecule has 1 aliphatic carbocycles. The van der Waals surface area contributed by atoms with Gasteiger partial charge in [-0.05, 0) is 30.4 Å². The van der Waals surface area contributed by atoms with E-state index in [2.05, 4.69) is 10.9 Å². The number of amides is 2. The van der Waals surface area contributed by atoms with E-state index in [9.17, 15) is 9.59 Å². The molecule has 2 N–H and O–H groups in total. The smallest absolute Gasteiger partial charge is 0.276 e. The summed E-state index contributed by atoms with van der Waals surface area (Å²) in [4.78, 5) is 23.1. The second-order valence-electron chi connectivity index (χ2n) is 5.11. The third kappa shape index (κ3) is 3.73. The standard InChI is InChI=1S/C15H20N2O3/c1-3-11-6-4-5-7-13(11)20-9-14(18)16-17-15(19)12-8-10(12)2/h4-7,10,12H,3,8-9H2,1-2H3,(H,16,18)(H,17,19). The Hall–Kier alpha value is -2.04. The third-order valence-corrected chi connectivity index (χ3v) is 3.48. The van der Waals surface area contributed by atoms with Gasteiger partial charge in [-0.25, -0.2) is 0 Å². The lowest BCUT2D eigenvalue weighted by Gasteiger charge is -2.11. The van der Waals surface area contributed by atoms with Crippen LogP contribution in [-0.2, 0) is 16.0 Å². The Bertz CT molecular complexity index is 502. The van der Waals surface area contributed by atoms with Gasteiger partial charge >= 0.3 is 0 Å². The van der Waals surface area contributed by atoms with Crippen molar-refractivity contribution in [3.63, 3.8) is 0 Å². The van der Waals surface area contributed by atoms with Crippen molar-refractivity contribution in [3.05, 3.63) is 29.8 Å². The molecule has 0 aromatic heterocycles. The summed E-state index contributed by atoms with van der Waals surface area (Å²) in [6.07, 6.45) is 1.73. The minimum Gasteiger partial charge on any atom is -0.483 e. The lowest BCUT2D eigenvalue weighted by Crippen LogP contribution is -2.44. The van der Waals surface area contributed by atoms with Gasteiger partial charge in [0.15, 0.2) is 6.61 Å². The molecule has 5 heteroatoms. The van der Waals surface area contributed by atoms with E-state index in [0.717, 1.165) is 18.4 Å². The number of hydrazine groups is 1. The fraction of sp³-hybridized carbons (Fsp3) is 0.467. The van der Waals surface area contributed by atoms with Gasteiger partial charge in [-0.1, -0.05) is 32.0 Å². The number of nitrogens with one attached hydrogen (secondary N) is 2. The Morgan fingerprint density at radius 3 is 2.65 bits per heavy atom. The molecule has 5 nitrogen and oxygen atoms in total. The van der Waals surface area contributed by atoms with Crippen LogP contribution < -0.4 is 15.6 Å². The summed E-state index contributed by atoms with van der Waals surface area (Å²) in [6, 6.07) is 7.59. The maximum absolute atomic E-state index is 11.6. The monoisotopic (exact) mass is 276 g/mol. The number of hydrogen-bond acceptors (Lipinski definition) is 3. The second kappa shape index (κ2) is 6.41. The fourth-order valence-corrected chi connectivity index (χ4v) is 2.03. The first-order valence-electron chi connectivity index (χ1n) is 6.91. The van der Waals surface area contributed by atoms with Crippen LogP contribution in [-0.4, -0.2) is 18.4 Å². The van der Waals surface area contributed by atoms with E-state index in [1.54, 1.807) is 0 Å². The summed E-state index contributed by atoms with van der Waals surface area (Å²) in [7, 11) is 0. The van der Waals surface area contributed by atoms with Crippen molar-refractivity contribution in [1.29, 1.82) is 0 Å². The summed E-state index contributed by atoms with van der Waals surface area (Å²) in [5, 5.41) is 0. The van der Waals surface area contributed by atoms with E-state index in [0.29, 0.717) is 11.7 Å². The molecule has 0 aliphatic heterocycles. The van der Waals surface area contributed by atoms with E-state index in [1.165, 1.54) is 0 Å². The minimum absolute atomic E-state index is 0.0389. The van der Waals surface area contributed by atoms with Gasteiger partial charge in [-0.3, -0.25) is 20.4 Å². The van der Waals surface area contributed by atoms with Crippen LogP contribution in [0.25, 0.3) is 0 Å². The highest BCUT2D eigenvalue weighted by Gasteiger charge is 2.39. The van der Waals surface area contributed by atoms with E-state index >= 15 is 0 Å². The molecule has 0 heterocycles. The molecule has 2 unspecified atom stereocenters. The number of aryl methyl sites for hydroxylation is 1. The highest BCUT2D eigenvalue weighted by atomic mass is 16.5. The van der Waals surface area contributed by atoms with Gasteiger partial charge in [0.05, 0.1) is 0 Å². The van der Waals surface area contributed by atoms with E-state index in [4.69, 9.17) is 4.74 Å². The molecule has 0 spiro atoms. The SMILES string of the molecule is CCc1ccccc1OCC(=O)NNC(=O)C1CC1C. The van der Waals surface area contributed by atoms with Gasteiger partial charge in [0.1, 0.15) is 5.75 Å². The average molecular weight is 276 g/mol. The van der Waals surface area contributed by atoms with Crippen molar-refractivity contribution < 1.29 is 14.3 Å². The first-order chi connectivity index (χ1) is 9.61. The lowest BCUT2D eigenvalue weighted by molar-refractivity contribution is -0.130. The summed E-state index contributed by atoms with van der Waals surface area (Å²) >= 11 is 0. The summed E-state index contributed by atoms with van der Waals surface area (Å²) in [5.41, 5.74) is 5.84. The molecule has 0 radical (unpaired) electrons. The van der Waals surface area contributed by atoms with Crippen molar-refractivity contribution >= 4 is 11.8 Å². The highest BCUT2D eigenvalue weighted by Crippen LogP contribution is 2.37. The zero-order valence-corrected chi connectivity index (χ0v) is 11.8.